The summed E-state index contributed by atoms with van der Waals surface area (Å²) < 4.78 is 34.7. The van der Waals surface area contributed by atoms with Crippen molar-refractivity contribution < 1.29 is 22.4 Å². The van der Waals surface area contributed by atoms with E-state index in [-0.39, 0.29) is 18.1 Å². The van der Waals surface area contributed by atoms with Gasteiger partial charge >= 0.3 is 0 Å². The lowest BCUT2D eigenvalue weighted by molar-refractivity contribution is 0.0764. The molecule has 0 amide bonds. The molecule has 5 nitrogen and oxygen atoms in total. The lowest BCUT2D eigenvalue weighted by Crippen LogP contribution is -2.29. The Hall–Kier alpha value is -1.11. The quantitative estimate of drug-likeness (QED) is 0.527. The van der Waals surface area contributed by atoms with E-state index in [0.717, 1.165) is 19.3 Å². The van der Waals surface area contributed by atoms with E-state index in [1.54, 1.807) is 12.1 Å². The van der Waals surface area contributed by atoms with Crippen molar-refractivity contribution in [2.24, 2.45) is 0 Å². The molecule has 0 spiro atoms. The SMILES string of the molecule is CCCCCOS(=O)(=O)c1ccc(OC(C)(C)CCO)cc1. The normalized spacial score (nSPS) is 12.4. The molecule has 1 rings (SSSR count). The monoisotopic (exact) mass is 330 g/mol. The zero-order valence-corrected chi connectivity index (χ0v) is 14.4. The van der Waals surface area contributed by atoms with E-state index in [2.05, 4.69) is 0 Å². The molecule has 0 aliphatic carbocycles. The second-order valence-corrected chi connectivity index (χ2v) is 7.41. The van der Waals surface area contributed by atoms with Crippen LogP contribution in [0.15, 0.2) is 29.2 Å². The van der Waals surface area contributed by atoms with E-state index < -0.39 is 15.7 Å². The number of aliphatic hydroxyl groups excluding tert-OH is 1. The van der Waals surface area contributed by atoms with Crippen LogP contribution in [0.1, 0.15) is 46.5 Å². The largest absolute Gasteiger partial charge is 0.488 e. The predicted molar refractivity (Wildman–Crippen MR) is 85.5 cm³/mol. The maximum absolute atomic E-state index is 12.0. The summed E-state index contributed by atoms with van der Waals surface area (Å²) in [4.78, 5) is 0.122. The smallest absolute Gasteiger partial charge is 0.296 e. The Morgan fingerprint density at radius 2 is 1.77 bits per heavy atom. The highest BCUT2D eigenvalue weighted by Crippen LogP contribution is 2.23. The highest BCUT2D eigenvalue weighted by atomic mass is 32.2. The molecule has 0 saturated heterocycles. The summed E-state index contributed by atoms with van der Waals surface area (Å²) in [6.45, 7) is 6.02. The van der Waals surface area contributed by atoms with E-state index >= 15 is 0 Å². The number of hydrogen-bond donors (Lipinski definition) is 1. The number of benzene rings is 1. The molecule has 0 atom stereocenters. The molecule has 0 unspecified atom stereocenters. The van der Waals surface area contributed by atoms with E-state index in [0.29, 0.717) is 12.2 Å². The summed E-state index contributed by atoms with van der Waals surface area (Å²) in [5.74, 6) is 0.559. The number of ether oxygens (including phenoxy) is 1. The van der Waals surface area contributed by atoms with Crippen LogP contribution in [0.2, 0.25) is 0 Å². The second kappa shape index (κ2) is 8.50. The van der Waals surface area contributed by atoms with Crippen LogP contribution < -0.4 is 4.74 Å². The standard InChI is InChI=1S/C16H26O5S/c1-4-5-6-13-20-22(18,19)15-9-7-14(8-10-15)21-16(2,3)11-12-17/h7-10,17H,4-6,11-13H2,1-3H3. The van der Waals surface area contributed by atoms with Crippen molar-refractivity contribution in [1.29, 1.82) is 0 Å². The third-order valence-electron chi connectivity index (χ3n) is 3.21. The molecule has 126 valence electrons. The maximum atomic E-state index is 12.0. The molecule has 0 fully saturated rings. The van der Waals surface area contributed by atoms with Gasteiger partial charge in [-0.15, -0.1) is 0 Å². The van der Waals surface area contributed by atoms with Gasteiger partial charge in [-0.2, -0.15) is 8.42 Å². The van der Waals surface area contributed by atoms with E-state index in [9.17, 15) is 8.42 Å². The van der Waals surface area contributed by atoms with E-state index in [4.69, 9.17) is 14.0 Å². The molecule has 1 aromatic rings. The van der Waals surface area contributed by atoms with E-state index in [1.807, 2.05) is 20.8 Å². The zero-order chi connectivity index (χ0) is 16.6. The number of hydrogen-bond acceptors (Lipinski definition) is 5. The molecule has 22 heavy (non-hydrogen) atoms. The minimum Gasteiger partial charge on any atom is -0.488 e. The molecular formula is C16H26O5S. The van der Waals surface area contributed by atoms with Crippen LogP contribution >= 0.6 is 0 Å². The van der Waals surface area contributed by atoms with Crippen molar-refractivity contribution in [2.75, 3.05) is 13.2 Å². The minimum absolute atomic E-state index is 0.0328. The first kappa shape index (κ1) is 18.9. The van der Waals surface area contributed by atoms with Gasteiger partial charge in [0.05, 0.1) is 11.5 Å². The first-order valence-corrected chi connectivity index (χ1v) is 9.01. The molecule has 1 N–H and O–H groups in total. The fourth-order valence-corrected chi connectivity index (χ4v) is 2.85. The molecular weight excluding hydrogens is 304 g/mol. The highest BCUT2D eigenvalue weighted by molar-refractivity contribution is 7.86. The van der Waals surface area contributed by atoms with Crippen LogP contribution in [-0.2, 0) is 14.3 Å². The Morgan fingerprint density at radius 1 is 1.14 bits per heavy atom. The van der Waals surface area contributed by atoms with Gasteiger partial charge in [0.15, 0.2) is 0 Å². The summed E-state index contributed by atoms with van der Waals surface area (Å²) in [6, 6.07) is 6.14. The number of rotatable bonds is 10. The molecule has 6 heteroatoms. The highest BCUT2D eigenvalue weighted by Gasteiger charge is 2.20. The zero-order valence-electron chi connectivity index (χ0n) is 13.5. The van der Waals surface area contributed by atoms with Crippen molar-refractivity contribution in [3.8, 4) is 5.75 Å². The summed E-state index contributed by atoms with van der Waals surface area (Å²) in [5.41, 5.74) is -0.508. The molecule has 0 saturated carbocycles. The second-order valence-electron chi connectivity index (χ2n) is 5.79. The Balaban J connectivity index is 2.67. The lowest BCUT2D eigenvalue weighted by atomic mass is 10.1. The van der Waals surface area contributed by atoms with Crippen LogP contribution in [0.5, 0.6) is 5.75 Å². The third kappa shape index (κ3) is 6.34. The molecule has 0 heterocycles. The Kier molecular flexibility index (Phi) is 7.32. The molecule has 0 aliphatic heterocycles. The Morgan fingerprint density at radius 3 is 2.32 bits per heavy atom. The van der Waals surface area contributed by atoms with Gasteiger partial charge in [-0.25, -0.2) is 0 Å². The van der Waals surface area contributed by atoms with Crippen molar-refractivity contribution >= 4 is 10.1 Å². The van der Waals surface area contributed by atoms with Gasteiger partial charge < -0.3 is 9.84 Å². The van der Waals surface area contributed by atoms with Crippen LogP contribution in [-0.4, -0.2) is 32.3 Å². The third-order valence-corrected chi connectivity index (χ3v) is 4.53. The molecule has 0 aromatic heterocycles. The van der Waals surface area contributed by atoms with Gasteiger partial charge in [0, 0.05) is 13.0 Å². The van der Waals surface area contributed by atoms with E-state index in [1.165, 1.54) is 12.1 Å². The molecule has 0 bridgehead atoms. The number of aliphatic hydroxyl groups is 1. The lowest BCUT2D eigenvalue weighted by Gasteiger charge is -2.25. The number of unbranched alkanes of at least 4 members (excludes halogenated alkanes) is 2. The van der Waals surface area contributed by atoms with Gasteiger partial charge in [-0.3, -0.25) is 4.18 Å². The summed E-state index contributed by atoms with van der Waals surface area (Å²) >= 11 is 0. The van der Waals surface area contributed by atoms with Gasteiger partial charge in [-0.1, -0.05) is 19.8 Å². The van der Waals surface area contributed by atoms with Gasteiger partial charge in [0.1, 0.15) is 11.4 Å². The Bertz CT molecular complexity index is 534. The van der Waals surface area contributed by atoms with Crippen LogP contribution in [0.4, 0.5) is 0 Å². The van der Waals surface area contributed by atoms with Gasteiger partial charge in [-0.05, 0) is 44.5 Å². The van der Waals surface area contributed by atoms with Crippen molar-refractivity contribution in [1.82, 2.24) is 0 Å². The first-order valence-electron chi connectivity index (χ1n) is 7.60. The fourth-order valence-electron chi connectivity index (χ4n) is 1.90. The summed E-state index contributed by atoms with van der Waals surface area (Å²) in [7, 11) is -3.71. The maximum Gasteiger partial charge on any atom is 0.296 e. The molecule has 0 radical (unpaired) electrons. The topological polar surface area (TPSA) is 72.8 Å². The van der Waals surface area contributed by atoms with Gasteiger partial charge in [0.25, 0.3) is 10.1 Å². The van der Waals surface area contributed by atoms with Crippen molar-refractivity contribution in [3.05, 3.63) is 24.3 Å². The van der Waals surface area contributed by atoms with Crippen LogP contribution in [0, 0.1) is 0 Å². The fraction of sp³-hybridized carbons (Fsp3) is 0.625. The average molecular weight is 330 g/mol. The van der Waals surface area contributed by atoms with Gasteiger partial charge in [0.2, 0.25) is 0 Å². The first-order chi connectivity index (χ1) is 10.3. The van der Waals surface area contributed by atoms with Crippen LogP contribution in [0.25, 0.3) is 0 Å². The summed E-state index contributed by atoms with van der Waals surface area (Å²) in [6.07, 6.45) is 3.18. The van der Waals surface area contributed by atoms with Crippen molar-refractivity contribution in [3.63, 3.8) is 0 Å². The van der Waals surface area contributed by atoms with Crippen molar-refractivity contribution in [2.45, 2.75) is 57.0 Å². The molecule has 1 aromatic carbocycles. The van der Waals surface area contributed by atoms with Crippen LogP contribution in [0.3, 0.4) is 0 Å². The Labute approximate surface area is 133 Å². The average Bonchev–Trinajstić information content (AvgIpc) is 2.43. The molecule has 0 aliphatic rings. The predicted octanol–water partition coefficient (Wildman–Crippen LogP) is 3.12. The minimum atomic E-state index is -3.71. The summed E-state index contributed by atoms with van der Waals surface area (Å²) in [5, 5.41) is 8.98.